The van der Waals surface area contributed by atoms with Crippen LogP contribution in [-0.4, -0.2) is 0 Å². The van der Waals surface area contributed by atoms with E-state index >= 15 is 0 Å². The number of unbranched alkanes of at least 4 members (excludes halogenated alkanes) is 2. The summed E-state index contributed by atoms with van der Waals surface area (Å²) in [7, 11) is 0. The molecule has 0 aliphatic heterocycles. The summed E-state index contributed by atoms with van der Waals surface area (Å²) in [6.45, 7) is 19.5. The first-order valence-corrected chi connectivity index (χ1v) is 12.4. The Bertz CT molecular complexity index is 264. The summed E-state index contributed by atoms with van der Waals surface area (Å²) in [4.78, 5) is 0. The van der Waals surface area contributed by atoms with Gasteiger partial charge in [-0.15, -0.1) is 0 Å². The molecule has 0 radical (unpaired) electrons. The molecule has 0 aliphatic rings. The molecule has 0 nitrogen and oxygen atoms in total. The maximum Gasteiger partial charge on any atom is -0.0414 e. The standard InChI is InChI=1S/C26H54/c1-9-13-15-25(11-3)19-21(5)17-23(7)24(8)18-22(6)20-26(12-4)16-14-10-2/h21-26H,9-20H2,1-8H3. The summed E-state index contributed by atoms with van der Waals surface area (Å²) in [6, 6.07) is 0. The van der Waals surface area contributed by atoms with Crippen molar-refractivity contribution in [1.82, 2.24) is 0 Å². The van der Waals surface area contributed by atoms with E-state index in [0.29, 0.717) is 0 Å². The van der Waals surface area contributed by atoms with Crippen molar-refractivity contribution in [3.05, 3.63) is 0 Å². The van der Waals surface area contributed by atoms with Crippen molar-refractivity contribution in [2.24, 2.45) is 35.5 Å². The van der Waals surface area contributed by atoms with Gasteiger partial charge in [0.25, 0.3) is 0 Å². The van der Waals surface area contributed by atoms with Crippen LogP contribution in [0.4, 0.5) is 0 Å². The fraction of sp³-hybridized carbons (Fsp3) is 1.00. The Morgan fingerprint density at radius 1 is 0.500 bits per heavy atom. The summed E-state index contributed by atoms with van der Waals surface area (Å²) in [6.07, 6.45) is 17.0. The Balaban J connectivity index is 4.24. The van der Waals surface area contributed by atoms with Gasteiger partial charge in [-0.1, -0.05) is 107 Å². The first kappa shape index (κ1) is 26.0. The molecule has 6 unspecified atom stereocenters. The topological polar surface area (TPSA) is 0 Å². The first-order chi connectivity index (χ1) is 12.4. The summed E-state index contributed by atoms with van der Waals surface area (Å²) in [5.74, 6) is 5.50. The highest BCUT2D eigenvalue weighted by atomic mass is 14.3. The van der Waals surface area contributed by atoms with Gasteiger partial charge in [0.1, 0.15) is 0 Å². The lowest BCUT2D eigenvalue weighted by atomic mass is 9.77. The molecule has 0 aliphatic carbocycles. The van der Waals surface area contributed by atoms with Crippen molar-refractivity contribution in [2.45, 2.75) is 132 Å². The molecule has 0 aromatic carbocycles. The van der Waals surface area contributed by atoms with E-state index in [0.717, 1.165) is 35.5 Å². The van der Waals surface area contributed by atoms with Gasteiger partial charge in [-0.3, -0.25) is 0 Å². The summed E-state index contributed by atoms with van der Waals surface area (Å²) in [5.41, 5.74) is 0. The first-order valence-electron chi connectivity index (χ1n) is 12.4. The quantitative estimate of drug-likeness (QED) is 0.240. The second-order valence-electron chi connectivity index (χ2n) is 9.94. The number of rotatable bonds is 17. The van der Waals surface area contributed by atoms with Gasteiger partial charge in [-0.05, 0) is 61.2 Å². The molecule has 0 saturated carbocycles. The Kier molecular flexibility index (Phi) is 16.0. The highest BCUT2D eigenvalue weighted by Crippen LogP contribution is 2.32. The van der Waals surface area contributed by atoms with E-state index in [1.54, 1.807) is 0 Å². The molecular formula is C26H54. The molecule has 0 aromatic heterocycles. The highest BCUT2D eigenvalue weighted by molar-refractivity contribution is 4.72. The van der Waals surface area contributed by atoms with Gasteiger partial charge >= 0.3 is 0 Å². The molecular weight excluding hydrogens is 312 g/mol. The van der Waals surface area contributed by atoms with Gasteiger partial charge < -0.3 is 0 Å². The van der Waals surface area contributed by atoms with Crippen molar-refractivity contribution in [3.63, 3.8) is 0 Å². The fourth-order valence-electron chi connectivity index (χ4n) is 5.03. The second kappa shape index (κ2) is 16.0. The predicted octanol–water partition coefficient (Wildman–Crippen LogP) is 9.52. The Labute approximate surface area is 168 Å². The van der Waals surface area contributed by atoms with Crippen molar-refractivity contribution in [1.29, 1.82) is 0 Å². The molecule has 158 valence electrons. The van der Waals surface area contributed by atoms with Gasteiger partial charge in [-0.25, -0.2) is 0 Å². The maximum absolute atomic E-state index is 2.52. The molecule has 0 amide bonds. The zero-order valence-corrected chi connectivity index (χ0v) is 19.9. The largest absolute Gasteiger partial charge is 0.0654 e. The lowest BCUT2D eigenvalue weighted by Gasteiger charge is -2.28. The van der Waals surface area contributed by atoms with E-state index in [2.05, 4.69) is 55.4 Å². The van der Waals surface area contributed by atoms with E-state index < -0.39 is 0 Å². The molecule has 0 heterocycles. The average molecular weight is 367 g/mol. The van der Waals surface area contributed by atoms with Crippen molar-refractivity contribution < 1.29 is 0 Å². The maximum atomic E-state index is 2.52. The average Bonchev–Trinajstić information content (AvgIpc) is 2.61. The third-order valence-corrected chi connectivity index (χ3v) is 7.08. The lowest BCUT2D eigenvalue weighted by Crippen LogP contribution is -2.17. The molecule has 26 heavy (non-hydrogen) atoms. The van der Waals surface area contributed by atoms with Crippen LogP contribution in [0.3, 0.4) is 0 Å². The van der Waals surface area contributed by atoms with E-state index in [-0.39, 0.29) is 0 Å². The third kappa shape index (κ3) is 12.4. The Hall–Kier alpha value is 0. The van der Waals surface area contributed by atoms with E-state index in [1.165, 1.54) is 77.0 Å². The zero-order chi connectivity index (χ0) is 19.9. The van der Waals surface area contributed by atoms with Crippen molar-refractivity contribution in [3.8, 4) is 0 Å². The summed E-state index contributed by atoms with van der Waals surface area (Å²) >= 11 is 0. The van der Waals surface area contributed by atoms with Gasteiger partial charge in [0, 0.05) is 0 Å². The fourth-order valence-corrected chi connectivity index (χ4v) is 5.03. The van der Waals surface area contributed by atoms with Crippen molar-refractivity contribution in [2.75, 3.05) is 0 Å². The zero-order valence-electron chi connectivity index (χ0n) is 19.9. The van der Waals surface area contributed by atoms with Gasteiger partial charge in [0.05, 0.1) is 0 Å². The van der Waals surface area contributed by atoms with Crippen LogP contribution in [0.1, 0.15) is 132 Å². The number of hydrogen-bond donors (Lipinski definition) is 0. The third-order valence-electron chi connectivity index (χ3n) is 7.08. The molecule has 0 fully saturated rings. The van der Waals surface area contributed by atoms with Crippen LogP contribution >= 0.6 is 0 Å². The minimum absolute atomic E-state index is 0.881. The molecule has 0 heteroatoms. The minimum atomic E-state index is 0.881. The van der Waals surface area contributed by atoms with Crippen LogP contribution in [0, 0.1) is 35.5 Å². The van der Waals surface area contributed by atoms with Crippen LogP contribution in [-0.2, 0) is 0 Å². The highest BCUT2D eigenvalue weighted by Gasteiger charge is 2.21. The van der Waals surface area contributed by atoms with Crippen molar-refractivity contribution >= 4 is 0 Å². The Morgan fingerprint density at radius 2 is 0.846 bits per heavy atom. The molecule has 0 saturated heterocycles. The van der Waals surface area contributed by atoms with E-state index in [4.69, 9.17) is 0 Å². The predicted molar refractivity (Wildman–Crippen MR) is 122 cm³/mol. The molecule has 0 aromatic rings. The summed E-state index contributed by atoms with van der Waals surface area (Å²) in [5, 5.41) is 0. The van der Waals surface area contributed by atoms with Gasteiger partial charge in [-0.2, -0.15) is 0 Å². The van der Waals surface area contributed by atoms with Gasteiger partial charge in [0.15, 0.2) is 0 Å². The summed E-state index contributed by atoms with van der Waals surface area (Å²) < 4.78 is 0. The molecule has 0 bridgehead atoms. The second-order valence-corrected chi connectivity index (χ2v) is 9.94. The van der Waals surface area contributed by atoms with Gasteiger partial charge in [0.2, 0.25) is 0 Å². The number of hydrogen-bond acceptors (Lipinski definition) is 0. The SMILES string of the molecule is CCCCC(CC)CC(C)CC(C)C(C)CC(C)CC(CC)CCCC. The van der Waals surface area contributed by atoms with Crippen LogP contribution in [0.2, 0.25) is 0 Å². The van der Waals surface area contributed by atoms with Crippen LogP contribution in [0.5, 0.6) is 0 Å². The minimum Gasteiger partial charge on any atom is -0.0654 e. The van der Waals surface area contributed by atoms with Crippen LogP contribution in [0.25, 0.3) is 0 Å². The lowest BCUT2D eigenvalue weighted by molar-refractivity contribution is 0.227. The normalized spacial score (nSPS) is 18.9. The van der Waals surface area contributed by atoms with E-state index in [1.807, 2.05) is 0 Å². The Morgan fingerprint density at radius 3 is 1.12 bits per heavy atom. The van der Waals surface area contributed by atoms with Crippen LogP contribution < -0.4 is 0 Å². The molecule has 6 atom stereocenters. The molecule has 0 N–H and O–H groups in total. The van der Waals surface area contributed by atoms with Crippen LogP contribution in [0.15, 0.2) is 0 Å². The smallest absolute Gasteiger partial charge is 0.0414 e. The van der Waals surface area contributed by atoms with E-state index in [9.17, 15) is 0 Å². The molecule has 0 rings (SSSR count). The molecule has 0 spiro atoms. The monoisotopic (exact) mass is 366 g/mol.